The van der Waals surface area contributed by atoms with E-state index in [-0.39, 0.29) is 6.61 Å². The molecule has 1 aromatic heterocycles. The molecule has 0 fully saturated rings. The summed E-state index contributed by atoms with van der Waals surface area (Å²) in [5.41, 5.74) is 0.528. The van der Waals surface area contributed by atoms with Crippen LogP contribution in [0, 0.1) is 0 Å². The van der Waals surface area contributed by atoms with Crippen LogP contribution in [-0.4, -0.2) is 10.1 Å². The maximum Gasteiger partial charge on any atom is 0.219 e. The van der Waals surface area contributed by atoms with Gasteiger partial charge in [0.05, 0.1) is 17.3 Å². The van der Waals surface area contributed by atoms with Gasteiger partial charge in [-0.1, -0.05) is 35.3 Å². The largest absolute Gasteiger partial charge is 0.437 e. The van der Waals surface area contributed by atoms with Crippen molar-refractivity contribution in [2.75, 3.05) is 0 Å². The molecule has 0 aliphatic carbocycles. The van der Waals surface area contributed by atoms with Gasteiger partial charge in [-0.05, 0) is 18.2 Å². The Labute approximate surface area is 109 Å². The lowest BCUT2D eigenvalue weighted by Crippen LogP contribution is -1.93. The van der Waals surface area contributed by atoms with E-state index in [1.807, 2.05) is 0 Å². The Kier molecular flexibility index (Phi) is 3.84. The molecule has 0 amide bonds. The van der Waals surface area contributed by atoms with Crippen LogP contribution >= 0.6 is 23.2 Å². The number of rotatable bonds is 3. The van der Waals surface area contributed by atoms with Crippen molar-refractivity contribution in [2.24, 2.45) is 0 Å². The van der Waals surface area contributed by atoms with E-state index in [4.69, 9.17) is 33.0 Å². The highest BCUT2D eigenvalue weighted by Gasteiger charge is 2.07. The van der Waals surface area contributed by atoms with Crippen molar-refractivity contribution >= 4 is 23.2 Å². The standard InChI is InChI=1S/C12H9Cl2NO2/c13-9-4-2-5-10(12(9)14)17-11-6-1-3-8(7-16)15-11/h1-6,16H,7H2. The van der Waals surface area contributed by atoms with Crippen LogP contribution in [0.3, 0.4) is 0 Å². The molecule has 3 nitrogen and oxygen atoms in total. The van der Waals surface area contributed by atoms with Crippen LogP contribution in [0.5, 0.6) is 11.6 Å². The van der Waals surface area contributed by atoms with Crippen molar-refractivity contribution in [1.29, 1.82) is 0 Å². The van der Waals surface area contributed by atoms with Gasteiger partial charge in [-0.2, -0.15) is 0 Å². The van der Waals surface area contributed by atoms with E-state index in [0.29, 0.717) is 27.4 Å². The van der Waals surface area contributed by atoms with Gasteiger partial charge < -0.3 is 9.84 Å². The summed E-state index contributed by atoms with van der Waals surface area (Å²) in [5.74, 6) is 0.794. The lowest BCUT2D eigenvalue weighted by atomic mass is 10.3. The van der Waals surface area contributed by atoms with Crippen molar-refractivity contribution in [3.63, 3.8) is 0 Å². The summed E-state index contributed by atoms with van der Waals surface area (Å²) in [4.78, 5) is 4.08. The van der Waals surface area contributed by atoms with E-state index in [2.05, 4.69) is 4.98 Å². The van der Waals surface area contributed by atoms with Crippen molar-refractivity contribution < 1.29 is 9.84 Å². The number of benzene rings is 1. The Balaban J connectivity index is 2.28. The van der Waals surface area contributed by atoms with Gasteiger partial charge in [0.1, 0.15) is 10.8 Å². The molecule has 1 aromatic carbocycles. The average molecular weight is 270 g/mol. The van der Waals surface area contributed by atoms with Crippen LogP contribution in [0.25, 0.3) is 0 Å². The van der Waals surface area contributed by atoms with Crippen LogP contribution in [-0.2, 0) is 6.61 Å². The molecule has 17 heavy (non-hydrogen) atoms. The maximum absolute atomic E-state index is 8.96. The summed E-state index contributed by atoms with van der Waals surface area (Å²) in [7, 11) is 0. The highest BCUT2D eigenvalue weighted by molar-refractivity contribution is 6.42. The Morgan fingerprint density at radius 2 is 1.88 bits per heavy atom. The third-order valence-corrected chi connectivity index (χ3v) is 2.88. The lowest BCUT2D eigenvalue weighted by molar-refractivity contribution is 0.275. The second kappa shape index (κ2) is 5.36. The molecule has 1 N–H and O–H groups in total. The molecule has 0 atom stereocenters. The molecule has 0 aliphatic heterocycles. The van der Waals surface area contributed by atoms with E-state index < -0.39 is 0 Å². The maximum atomic E-state index is 8.96. The van der Waals surface area contributed by atoms with Gasteiger partial charge in [-0.3, -0.25) is 0 Å². The third-order valence-electron chi connectivity index (χ3n) is 2.07. The lowest BCUT2D eigenvalue weighted by Gasteiger charge is -2.08. The summed E-state index contributed by atoms with van der Waals surface area (Å²) >= 11 is 11.8. The minimum Gasteiger partial charge on any atom is -0.437 e. The Morgan fingerprint density at radius 1 is 1.12 bits per heavy atom. The number of aliphatic hydroxyl groups excluding tert-OH is 1. The first-order valence-electron chi connectivity index (χ1n) is 4.89. The number of pyridine rings is 1. The van der Waals surface area contributed by atoms with E-state index in [1.54, 1.807) is 36.4 Å². The molecule has 1 heterocycles. The van der Waals surface area contributed by atoms with E-state index in [0.717, 1.165) is 0 Å². The predicted octanol–water partition coefficient (Wildman–Crippen LogP) is 3.67. The van der Waals surface area contributed by atoms with Crippen LogP contribution in [0.15, 0.2) is 36.4 Å². The smallest absolute Gasteiger partial charge is 0.219 e. The summed E-state index contributed by atoms with van der Waals surface area (Å²) in [6.45, 7) is -0.138. The van der Waals surface area contributed by atoms with Crippen molar-refractivity contribution in [3.8, 4) is 11.6 Å². The number of aromatic nitrogens is 1. The first kappa shape index (κ1) is 12.2. The fourth-order valence-corrected chi connectivity index (χ4v) is 1.61. The normalized spacial score (nSPS) is 10.3. The Bertz CT molecular complexity index is 532. The second-order valence-corrected chi connectivity index (χ2v) is 4.06. The SMILES string of the molecule is OCc1cccc(Oc2cccc(Cl)c2Cl)n1. The zero-order valence-corrected chi connectivity index (χ0v) is 10.2. The van der Waals surface area contributed by atoms with Gasteiger partial charge in [0.2, 0.25) is 5.88 Å². The molecule has 2 rings (SSSR count). The van der Waals surface area contributed by atoms with Gasteiger partial charge in [0, 0.05) is 6.07 Å². The van der Waals surface area contributed by atoms with Gasteiger partial charge >= 0.3 is 0 Å². The number of halogens is 2. The van der Waals surface area contributed by atoms with Crippen LogP contribution in [0.2, 0.25) is 10.0 Å². The van der Waals surface area contributed by atoms with E-state index >= 15 is 0 Å². The molecule has 0 radical (unpaired) electrons. The van der Waals surface area contributed by atoms with Crippen molar-refractivity contribution in [2.45, 2.75) is 6.61 Å². The summed E-state index contributed by atoms with van der Waals surface area (Å²) < 4.78 is 5.49. The van der Waals surface area contributed by atoms with Gasteiger partial charge in [-0.15, -0.1) is 0 Å². The number of aliphatic hydroxyl groups is 1. The van der Waals surface area contributed by atoms with Gasteiger partial charge in [0.15, 0.2) is 0 Å². The summed E-state index contributed by atoms with van der Waals surface area (Å²) in [6.07, 6.45) is 0. The monoisotopic (exact) mass is 269 g/mol. The molecule has 0 aliphatic rings. The van der Waals surface area contributed by atoms with E-state index in [1.165, 1.54) is 0 Å². The second-order valence-electron chi connectivity index (χ2n) is 3.28. The van der Waals surface area contributed by atoms with Crippen LogP contribution in [0.4, 0.5) is 0 Å². The molecule has 0 saturated carbocycles. The quantitative estimate of drug-likeness (QED) is 0.925. The predicted molar refractivity (Wildman–Crippen MR) is 66.7 cm³/mol. The minimum atomic E-state index is -0.138. The zero-order chi connectivity index (χ0) is 12.3. The molecule has 88 valence electrons. The first-order chi connectivity index (χ1) is 8.20. The van der Waals surface area contributed by atoms with Gasteiger partial charge in [0.25, 0.3) is 0 Å². The third kappa shape index (κ3) is 2.88. The molecule has 0 spiro atoms. The van der Waals surface area contributed by atoms with Gasteiger partial charge in [-0.25, -0.2) is 4.98 Å². The minimum absolute atomic E-state index is 0.138. The molecule has 0 bridgehead atoms. The molecule has 0 unspecified atom stereocenters. The number of nitrogens with zero attached hydrogens (tertiary/aromatic N) is 1. The Hall–Kier alpha value is -1.29. The summed E-state index contributed by atoms with van der Waals surface area (Å²) in [5, 5.41) is 9.72. The topological polar surface area (TPSA) is 42.4 Å². The zero-order valence-electron chi connectivity index (χ0n) is 8.73. The Morgan fingerprint density at radius 3 is 2.65 bits per heavy atom. The molecular formula is C12H9Cl2NO2. The summed E-state index contributed by atoms with van der Waals surface area (Å²) in [6, 6.07) is 10.2. The fourth-order valence-electron chi connectivity index (χ4n) is 1.28. The van der Waals surface area contributed by atoms with Crippen molar-refractivity contribution in [3.05, 3.63) is 52.1 Å². The van der Waals surface area contributed by atoms with Crippen LogP contribution < -0.4 is 4.74 Å². The molecular weight excluding hydrogens is 261 g/mol. The van der Waals surface area contributed by atoms with Crippen molar-refractivity contribution in [1.82, 2.24) is 4.98 Å². The fraction of sp³-hybridized carbons (Fsp3) is 0.0833. The number of ether oxygens (including phenoxy) is 1. The highest BCUT2D eigenvalue weighted by Crippen LogP contribution is 2.33. The highest BCUT2D eigenvalue weighted by atomic mass is 35.5. The molecule has 5 heteroatoms. The first-order valence-corrected chi connectivity index (χ1v) is 5.65. The number of hydrogen-bond acceptors (Lipinski definition) is 3. The van der Waals surface area contributed by atoms with Crippen LogP contribution in [0.1, 0.15) is 5.69 Å². The average Bonchev–Trinajstić information content (AvgIpc) is 2.35. The van der Waals surface area contributed by atoms with E-state index in [9.17, 15) is 0 Å². The molecule has 0 saturated heterocycles. The number of hydrogen-bond donors (Lipinski definition) is 1. The molecule has 2 aromatic rings.